The zero-order valence-electron chi connectivity index (χ0n) is 15.0. The van der Waals surface area contributed by atoms with Gasteiger partial charge in [0.2, 0.25) is 0 Å². The van der Waals surface area contributed by atoms with Crippen LogP contribution in [0.4, 0.5) is 5.69 Å². The Bertz CT molecular complexity index is 804. The van der Waals surface area contributed by atoms with Crippen LogP contribution < -0.4 is 5.32 Å². The molecule has 3 aromatic carbocycles. The third kappa shape index (κ3) is 3.92. The van der Waals surface area contributed by atoms with E-state index in [1.54, 1.807) is 0 Å². The maximum atomic E-state index is 11.1. The summed E-state index contributed by atoms with van der Waals surface area (Å²) in [6.45, 7) is 6.33. The Morgan fingerprint density at radius 2 is 1.20 bits per heavy atom. The first-order valence-corrected chi connectivity index (χ1v) is 8.68. The molecular formula is C23H25NO. The van der Waals surface area contributed by atoms with Crippen molar-refractivity contribution in [2.24, 2.45) is 0 Å². The Hall–Kier alpha value is -2.58. The Morgan fingerprint density at radius 1 is 0.720 bits per heavy atom. The maximum Gasteiger partial charge on any atom is 0.103 e. The van der Waals surface area contributed by atoms with Crippen molar-refractivity contribution < 1.29 is 5.11 Å². The number of nitrogens with one attached hydrogen (secondary N) is 1. The summed E-state index contributed by atoms with van der Waals surface area (Å²) in [6.07, 6.45) is -0.635. The van der Waals surface area contributed by atoms with Crippen LogP contribution in [-0.4, -0.2) is 5.11 Å². The molecule has 0 saturated heterocycles. The highest BCUT2D eigenvalue weighted by molar-refractivity contribution is 5.59. The summed E-state index contributed by atoms with van der Waals surface area (Å²) in [7, 11) is 0. The molecular weight excluding hydrogens is 306 g/mol. The van der Waals surface area contributed by atoms with E-state index in [0.717, 1.165) is 16.8 Å². The fourth-order valence-corrected chi connectivity index (χ4v) is 3.41. The Labute approximate surface area is 150 Å². The van der Waals surface area contributed by atoms with Crippen molar-refractivity contribution in [1.82, 2.24) is 0 Å². The first-order chi connectivity index (χ1) is 12.1. The van der Waals surface area contributed by atoms with Gasteiger partial charge in [-0.05, 0) is 43.0 Å². The van der Waals surface area contributed by atoms with Crippen LogP contribution in [0.15, 0.2) is 72.8 Å². The smallest absolute Gasteiger partial charge is 0.103 e. The van der Waals surface area contributed by atoms with Crippen LogP contribution in [0.3, 0.4) is 0 Å². The van der Waals surface area contributed by atoms with Crippen molar-refractivity contribution in [1.29, 1.82) is 0 Å². The van der Waals surface area contributed by atoms with Gasteiger partial charge < -0.3 is 10.4 Å². The van der Waals surface area contributed by atoms with Crippen molar-refractivity contribution in [3.8, 4) is 0 Å². The first kappa shape index (κ1) is 17.2. The molecule has 3 rings (SSSR count). The molecule has 0 amide bonds. The van der Waals surface area contributed by atoms with Gasteiger partial charge in [-0.15, -0.1) is 0 Å². The van der Waals surface area contributed by atoms with Crippen LogP contribution in [0, 0.1) is 20.8 Å². The molecule has 0 aliphatic heterocycles. The maximum absolute atomic E-state index is 11.1. The van der Waals surface area contributed by atoms with Crippen molar-refractivity contribution in [3.63, 3.8) is 0 Å². The molecule has 0 aromatic heterocycles. The number of benzene rings is 3. The summed E-state index contributed by atoms with van der Waals surface area (Å²) in [6, 6.07) is 24.1. The lowest BCUT2D eigenvalue weighted by Gasteiger charge is -2.28. The Kier molecular flexibility index (Phi) is 5.20. The highest BCUT2D eigenvalue weighted by Gasteiger charge is 2.23. The monoisotopic (exact) mass is 331 g/mol. The fraction of sp³-hybridized carbons (Fsp3) is 0.217. The van der Waals surface area contributed by atoms with Gasteiger partial charge in [0.15, 0.2) is 0 Å². The molecule has 2 atom stereocenters. The summed E-state index contributed by atoms with van der Waals surface area (Å²) in [5.41, 5.74) is 6.71. The molecule has 0 aliphatic rings. The van der Waals surface area contributed by atoms with E-state index >= 15 is 0 Å². The minimum Gasteiger partial charge on any atom is -0.386 e. The standard InChI is InChI=1S/C23H25NO/c1-16-14-17(2)21(18(3)15-16)24-22(19-10-6-4-7-11-19)23(25)20-12-8-5-9-13-20/h4-15,22-25H,1-3H3/t22-,23-/m1/s1. The molecule has 0 bridgehead atoms. The lowest BCUT2D eigenvalue weighted by Crippen LogP contribution is -2.20. The molecule has 3 aromatic rings. The summed E-state index contributed by atoms with van der Waals surface area (Å²) in [4.78, 5) is 0. The zero-order valence-corrected chi connectivity index (χ0v) is 15.0. The lowest BCUT2D eigenvalue weighted by atomic mass is 9.94. The van der Waals surface area contributed by atoms with Gasteiger partial charge in [0.1, 0.15) is 6.10 Å². The number of aliphatic hydroxyl groups is 1. The number of anilines is 1. The highest BCUT2D eigenvalue weighted by Crippen LogP contribution is 2.34. The van der Waals surface area contributed by atoms with E-state index in [2.05, 4.69) is 50.4 Å². The average Bonchev–Trinajstić information content (AvgIpc) is 2.62. The second kappa shape index (κ2) is 7.54. The number of rotatable bonds is 5. The van der Waals surface area contributed by atoms with E-state index in [0.29, 0.717) is 0 Å². The van der Waals surface area contributed by atoms with Gasteiger partial charge in [-0.2, -0.15) is 0 Å². The molecule has 128 valence electrons. The van der Waals surface area contributed by atoms with Crippen LogP contribution in [0.25, 0.3) is 0 Å². The molecule has 0 unspecified atom stereocenters. The van der Waals surface area contributed by atoms with Crippen molar-refractivity contribution >= 4 is 5.69 Å². The summed E-state index contributed by atoms with van der Waals surface area (Å²) >= 11 is 0. The fourth-order valence-electron chi connectivity index (χ4n) is 3.41. The van der Waals surface area contributed by atoms with Crippen LogP contribution in [0.1, 0.15) is 40.0 Å². The predicted molar refractivity (Wildman–Crippen MR) is 105 cm³/mol. The molecule has 0 heterocycles. The molecule has 25 heavy (non-hydrogen) atoms. The van der Waals surface area contributed by atoms with E-state index in [1.165, 1.54) is 16.7 Å². The summed E-state index contributed by atoms with van der Waals surface area (Å²) in [5, 5.41) is 14.7. The normalized spacial score (nSPS) is 13.3. The third-order valence-corrected chi connectivity index (χ3v) is 4.59. The largest absolute Gasteiger partial charge is 0.386 e. The molecule has 2 heteroatoms. The second-order valence-corrected chi connectivity index (χ2v) is 6.66. The topological polar surface area (TPSA) is 32.3 Å². The van der Waals surface area contributed by atoms with E-state index < -0.39 is 6.10 Å². The predicted octanol–water partition coefficient (Wildman–Crippen LogP) is 5.50. The molecule has 0 saturated carbocycles. The molecule has 0 radical (unpaired) electrons. The van der Waals surface area contributed by atoms with Crippen LogP contribution in [0.2, 0.25) is 0 Å². The zero-order chi connectivity index (χ0) is 17.8. The van der Waals surface area contributed by atoms with E-state index in [4.69, 9.17) is 0 Å². The van der Waals surface area contributed by atoms with Gasteiger partial charge >= 0.3 is 0 Å². The SMILES string of the molecule is Cc1cc(C)c(N[C@H](c2ccccc2)[C@H](O)c2ccccc2)c(C)c1. The van der Waals surface area contributed by atoms with Crippen molar-refractivity contribution in [2.75, 3.05) is 5.32 Å². The quantitative estimate of drug-likeness (QED) is 0.647. The molecule has 2 N–H and O–H groups in total. The van der Waals surface area contributed by atoms with Gasteiger partial charge in [0.05, 0.1) is 6.04 Å². The Balaban J connectivity index is 2.01. The number of hydrogen-bond acceptors (Lipinski definition) is 2. The van der Waals surface area contributed by atoms with E-state index in [9.17, 15) is 5.11 Å². The minimum absolute atomic E-state index is 0.219. The van der Waals surface area contributed by atoms with Crippen molar-refractivity contribution in [3.05, 3.63) is 101 Å². The van der Waals surface area contributed by atoms with Gasteiger partial charge in [0, 0.05) is 5.69 Å². The molecule has 2 nitrogen and oxygen atoms in total. The summed E-state index contributed by atoms with van der Waals surface area (Å²) in [5.74, 6) is 0. The number of aryl methyl sites for hydroxylation is 3. The van der Waals surface area contributed by atoms with Gasteiger partial charge in [-0.3, -0.25) is 0 Å². The van der Waals surface area contributed by atoms with Crippen LogP contribution >= 0.6 is 0 Å². The summed E-state index contributed by atoms with van der Waals surface area (Å²) < 4.78 is 0. The lowest BCUT2D eigenvalue weighted by molar-refractivity contribution is 0.155. The van der Waals surface area contributed by atoms with Gasteiger partial charge in [0.25, 0.3) is 0 Å². The minimum atomic E-state index is -0.635. The number of aliphatic hydroxyl groups excluding tert-OH is 1. The van der Waals surface area contributed by atoms with Gasteiger partial charge in [-0.1, -0.05) is 78.4 Å². The van der Waals surface area contributed by atoms with Gasteiger partial charge in [-0.25, -0.2) is 0 Å². The Morgan fingerprint density at radius 3 is 1.72 bits per heavy atom. The van der Waals surface area contributed by atoms with E-state index in [1.807, 2.05) is 48.5 Å². The van der Waals surface area contributed by atoms with Crippen LogP contribution in [-0.2, 0) is 0 Å². The first-order valence-electron chi connectivity index (χ1n) is 8.68. The number of hydrogen-bond donors (Lipinski definition) is 2. The molecule has 0 fully saturated rings. The third-order valence-electron chi connectivity index (χ3n) is 4.59. The molecule has 0 spiro atoms. The van der Waals surface area contributed by atoms with Crippen molar-refractivity contribution in [2.45, 2.75) is 32.9 Å². The second-order valence-electron chi connectivity index (χ2n) is 6.66. The average molecular weight is 331 g/mol. The highest BCUT2D eigenvalue weighted by atomic mass is 16.3. The molecule has 0 aliphatic carbocycles. The van der Waals surface area contributed by atoms with E-state index in [-0.39, 0.29) is 6.04 Å². The van der Waals surface area contributed by atoms with Crippen LogP contribution in [0.5, 0.6) is 0 Å².